The lowest BCUT2D eigenvalue weighted by molar-refractivity contribution is 0.0996. The Labute approximate surface area is 178 Å². The van der Waals surface area contributed by atoms with Crippen molar-refractivity contribution >= 4 is 22.6 Å². The first-order valence-electron chi connectivity index (χ1n) is 9.68. The molecule has 0 aliphatic carbocycles. The number of carbonyl (C=O) groups excluding carboxylic acids is 1. The summed E-state index contributed by atoms with van der Waals surface area (Å²) in [5.74, 6) is 0.164. The van der Waals surface area contributed by atoms with Crippen LogP contribution in [-0.2, 0) is 0 Å². The lowest BCUT2D eigenvalue weighted by Crippen LogP contribution is -2.13. The molecule has 4 rings (SSSR count). The third-order valence-electron chi connectivity index (χ3n) is 4.79. The van der Waals surface area contributed by atoms with Crippen LogP contribution in [0, 0.1) is 5.82 Å². The van der Waals surface area contributed by atoms with Crippen molar-refractivity contribution in [3.05, 3.63) is 66.2 Å². The summed E-state index contributed by atoms with van der Waals surface area (Å²) in [5, 5.41) is 3.83. The van der Waals surface area contributed by atoms with Gasteiger partial charge >= 0.3 is 0 Å². The molecule has 2 aromatic carbocycles. The zero-order valence-electron chi connectivity index (χ0n) is 17.0. The van der Waals surface area contributed by atoms with Crippen LogP contribution in [0.15, 0.2) is 54.9 Å². The van der Waals surface area contributed by atoms with Gasteiger partial charge in [-0.25, -0.2) is 14.4 Å². The number of rotatable bonds is 6. The maximum atomic E-state index is 14.0. The number of amides is 1. The molecule has 31 heavy (non-hydrogen) atoms. The number of nitrogens with one attached hydrogen (secondary N) is 1. The SMILES string of the molecule is CCOc1cc(-c2ccc(F)c(C(N)=O)c2)cc2c(NC)nc(-c3cccnc3)nc12. The number of aromatic nitrogens is 3. The van der Waals surface area contributed by atoms with Crippen LogP contribution in [0.5, 0.6) is 5.75 Å². The number of anilines is 1. The summed E-state index contributed by atoms with van der Waals surface area (Å²) in [5.41, 5.74) is 7.87. The number of halogens is 1. The van der Waals surface area contributed by atoms with E-state index in [0.717, 1.165) is 10.9 Å². The number of primary amides is 1. The second-order valence-electron chi connectivity index (χ2n) is 6.75. The zero-order chi connectivity index (χ0) is 22.0. The molecule has 0 saturated heterocycles. The van der Waals surface area contributed by atoms with Crippen molar-refractivity contribution in [1.82, 2.24) is 15.0 Å². The van der Waals surface area contributed by atoms with E-state index in [0.29, 0.717) is 40.6 Å². The van der Waals surface area contributed by atoms with Crippen LogP contribution in [-0.4, -0.2) is 34.5 Å². The van der Waals surface area contributed by atoms with Gasteiger partial charge in [0.2, 0.25) is 0 Å². The second-order valence-corrected chi connectivity index (χ2v) is 6.75. The number of benzene rings is 2. The molecule has 2 aromatic heterocycles. The highest BCUT2D eigenvalue weighted by Crippen LogP contribution is 2.36. The van der Waals surface area contributed by atoms with E-state index >= 15 is 0 Å². The molecule has 0 fully saturated rings. The van der Waals surface area contributed by atoms with Crippen molar-refractivity contribution in [2.75, 3.05) is 19.0 Å². The van der Waals surface area contributed by atoms with Gasteiger partial charge in [-0.2, -0.15) is 0 Å². The molecule has 0 radical (unpaired) electrons. The molecule has 0 aliphatic rings. The smallest absolute Gasteiger partial charge is 0.251 e. The fourth-order valence-corrected chi connectivity index (χ4v) is 3.34. The minimum atomic E-state index is -0.828. The van der Waals surface area contributed by atoms with Gasteiger partial charge in [-0.3, -0.25) is 9.78 Å². The highest BCUT2D eigenvalue weighted by atomic mass is 19.1. The van der Waals surface area contributed by atoms with Crippen LogP contribution >= 0.6 is 0 Å². The quantitative estimate of drug-likeness (QED) is 0.491. The number of ether oxygens (including phenoxy) is 1. The topological polar surface area (TPSA) is 103 Å². The predicted molar refractivity (Wildman–Crippen MR) is 117 cm³/mol. The van der Waals surface area contributed by atoms with Crippen molar-refractivity contribution in [1.29, 1.82) is 0 Å². The molecule has 3 N–H and O–H groups in total. The Morgan fingerprint density at radius 2 is 1.97 bits per heavy atom. The van der Waals surface area contributed by atoms with Crippen LogP contribution in [0.3, 0.4) is 0 Å². The van der Waals surface area contributed by atoms with Crippen molar-refractivity contribution in [3.8, 4) is 28.3 Å². The van der Waals surface area contributed by atoms with E-state index in [9.17, 15) is 9.18 Å². The van der Waals surface area contributed by atoms with E-state index in [1.807, 2.05) is 31.2 Å². The van der Waals surface area contributed by atoms with Gasteiger partial charge in [0, 0.05) is 30.4 Å². The van der Waals surface area contributed by atoms with E-state index < -0.39 is 11.7 Å². The molecule has 4 aromatic rings. The Bertz CT molecular complexity index is 1280. The Morgan fingerprint density at radius 1 is 1.13 bits per heavy atom. The molecule has 1 amide bonds. The summed E-state index contributed by atoms with van der Waals surface area (Å²) >= 11 is 0. The first kappa shape index (κ1) is 20.2. The van der Waals surface area contributed by atoms with E-state index in [4.69, 9.17) is 15.5 Å². The fourth-order valence-electron chi connectivity index (χ4n) is 3.34. The summed E-state index contributed by atoms with van der Waals surface area (Å²) < 4.78 is 19.8. The Hall–Kier alpha value is -4.07. The van der Waals surface area contributed by atoms with Gasteiger partial charge in [0.05, 0.1) is 12.2 Å². The highest BCUT2D eigenvalue weighted by molar-refractivity contribution is 5.99. The summed E-state index contributed by atoms with van der Waals surface area (Å²) in [6.45, 7) is 2.30. The van der Waals surface area contributed by atoms with Crippen LogP contribution < -0.4 is 15.8 Å². The summed E-state index contributed by atoms with van der Waals surface area (Å²) in [7, 11) is 1.77. The van der Waals surface area contributed by atoms with Crippen molar-refractivity contribution in [2.24, 2.45) is 5.73 Å². The van der Waals surface area contributed by atoms with Crippen molar-refractivity contribution in [3.63, 3.8) is 0 Å². The summed E-state index contributed by atoms with van der Waals surface area (Å²) in [6.07, 6.45) is 3.38. The van der Waals surface area contributed by atoms with E-state index in [1.54, 1.807) is 25.5 Å². The lowest BCUT2D eigenvalue weighted by Gasteiger charge is -2.14. The Morgan fingerprint density at radius 3 is 2.65 bits per heavy atom. The van der Waals surface area contributed by atoms with Gasteiger partial charge in [0.1, 0.15) is 22.9 Å². The van der Waals surface area contributed by atoms with Gasteiger partial charge in [-0.1, -0.05) is 6.07 Å². The van der Waals surface area contributed by atoms with Gasteiger partial charge in [0.25, 0.3) is 5.91 Å². The first-order valence-corrected chi connectivity index (χ1v) is 9.68. The minimum absolute atomic E-state index is 0.174. The molecule has 0 aliphatic heterocycles. The average Bonchev–Trinajstić information content (AvgIpc) is 2.79. The van der Waals surface area contributed by atoms with Crippen LogP contribution in [0.1, 0.15) is 17.3 Å². The number of hydrogen-bond donors (Lipinski definition) is 2. The van der Waals surface area contributed by atoms with Crippen LogP contribution in [0.2, 0.25) is 0 Å². The molecule has 156 valence electrons. The van der Waals surface area contributed by atoms with Gasteiger partial charge < -0.3 is 15.8 Å². The number of pyridine rings is 1. The number of nitrogens with zero attached hydrogens (tertiary/aromatic N) is 3. The number of carbonyl (C=O) groups is 1. The first-order chi connectivity index (χ1) is 15.0. The molecule has 8 heteroatoms. The van der Waals surface area contributed by atoms with E-state index in [1.165, 1.54) is 12.1 Å². The van der Waals surface area contributed by atoms with Gasteiger partial charge in [-0.05, 0) is 54.4 Å². The van der Waals surface area contributed by atoms with Crippen molar-refractivity contribution < 1.29 is 13.9 Å². The molecular weight excluding hydrogens is 397 g/mol. The number of hydrogen-bond acceptors (Lipinski definition) is 6. The lowest BCUT2D eigenvalue weighted by atomic mass is 10.00. The molecule has 7 nitrogen and oxygen atoms in total. The third kappa shape index (κ3) is 3.87. The molecular formula is C23H20FN5O2. The fraction of sp³-hybridized carbons (Fsp3) is 0.130. The van der Waals surface area contributed by atoms with Crippen LogP contribution in [0.25, 0.3) is 33.4 Å². The van der Waals surface area contributed by atoms with Crippen molar-refractivity contribution in [2.45, 2.75) is 6.92 Å². The summed E-state index contributed by atoms with van der Waals surface area (Å²) in [6, 6.07) is 11.6. The number of nitrogens with two attached hydrogens (primary N) is 1. The molecule has 0 unspecified atom stereocenters. The Kier molecular flexibility index (Phi) is 5.44. The van der Waals surface area contributed by atoms with Crippen LogP contribution in [0.4, 0.5) is 10.2 Å². The van der Waals surface area contributed by atoms with Gasteiger partial charge in [-0.15, -0.1) is 0 Å². The largest absolute Gasteiger partial charge is 0.492 e. The standard InChI is InChI=1S/C23H20FN5O2/c1-3-31-19-11-15(13-6-7-18(24)16(9-13)21(25)30)10-17-20(19)28-22(29-23(17)26-2)14-5-4-8-27-12-14/h4-12H,3H2,1-2H3,(H2,25,30)(H,26,28,29). The third-order valence-corrected chi connectivity index (χ3v) is 4.79. The molecule has 0 bridgehead atoms. The average molecular weight is 417 g/mol. The second kappa shape index (κ2) is 8.35. The Balaban J connectivity index is 1.96. The monoisotopic (exact) mass is 417 g/mol. The van der Waals surface area contributed by atoms with E-state index in [-0.39, 0.29) is 5.56 Å². The maximum absolute atomic E-state index is 14.0. The molecule has 0 saturated carbocycles. The minimum Gasteiger partial charge on any atom is -0.492 e. The van der Waals surface area contributed by atoms with E-state index in [2.05, 4.69) is 15.3 Å². The summed E-state index contributed by atoms with van der Waals surface area (Å²) in [4.78, 5) is 25.1. The molecule has 0 spiro atoms. The predicted octanol–water partition coefficient (Wildman–Crippen LogP) is 4.04. The maximum Gasteiger partial charge on any atom is 0.251 e. The normalized spacial score (nSPS) is 10.8. The zero-order valence-corrected chi connectivity index (χ0v) is 17.0. The molecule has 0 atom stereocenters. The highest BCUT2D eigenvalue weighted by Gasteiger charge is 2.17. The van der Waals surface area contributed by atoms with Gasteiger partial charge in [0.15, 0.2) is 5.82 Å². The number of fused-ring (bicyclic) bond motifs is 1. The molecule has 2 heterocycles.